The number of carbonyl (C=O) groups is 2. The fraction of sp³-hybridized carbons (Fsp3) is 0.500. The lowest BCUT2D eigenvalue weighted by Crippen LogP contribution is -2.07. The van der Waals surface area contributed by atoms with Crippen LogP contribution in [0.4, 0.5) is 0 Å². The van der Waals surface area contributed by atoms with Crippen LogP contribution in [0.25, 0.3) is 0 Å². The van der Waals surface area contributed by atoms with Crippen LogP contribution in [-0.4, -0.2) is 28.1 Å². The molecule has 0 aliphatic heterocycles. The number of hydrogen-bond donors (Lipinski definition) is 2. The van der Waals surface area contributed by atoms with Gasteiger partial charge >= 0.3 is 19.5 Å². The molecular weight excluding hydrogens is 175 g/mol. The SMILES string of the molecule is CC(=O)OP(=O)(O)CC(=O)O. The summed E-state index contributed by atoms with van der Waals surface area (Å²) in [7, 11) is -4.25. The molecule has 7 heteroatoms. The van der Waals surface area contributed by atoms with Gasteiger partial charge in [0.05, 0.1) is 0 Å². The van der Waals surface area contributed by atoms with Crippen LogP contribution >= 0.6 is 7.60 Å². The van der Waals surface area contributed by atoms with E-state index in [1.165, 1.54) is 0 Å². The maximum absolute atomic E-state index is 10.6. The van der Waals surface area contributed by atoms with Crippen LogP contribution in [0.1, 0.15) is 6.92 Å². The monoisotopic (exact) mass is 182 g/mol. The molecule has 0 rings (SSSR count). The van der Waals surface area contributed by atoms with Crippen LogP contribution in [-0.2, 0) is 18.7 Å². The van der Waals surface area contributed by atoms with E-state index < -0.39 is 25.7 Å². The van der Waals surface area contributed by atoms with Crippen LogP contribution < -0.4 is 0 Å². The molecule has 1 unspecified atom stereocenters. The lowest BCUT2D eigenvalue weighted by atomic mass is 10.8. The third-order valence-corrected chi connectivity index (χ3v) is 1.82. The number of rotatable bonds is 3. The number of carbonyl (C=O) groups excluding carboxylic acids is 1. The first-order valence-corrected chi connectivity index (χ1v) is 4.33. The molecule has 11 heavy (non-hydrogen) atoms. The molecule has 0 aromatic heterocycles. The molecule has 64 valence electrons. The predicted molar refractivity (Wildman–Crippen MR) is 34.1 cm³/mol. The summed E-state index contributed by atoms with van der Waals surface area (Å²) >= 11 is 0. The second kappa shape index (κ2) is 3.50. The summed E-state index contributed by atoms with van der Waals surface area (Å²) in [5, 5.41) is 8.04. The van der Waals surface area contributed by atoms with Crippen molar-refractivity contribution < 1.29 is 28.7 Å². The fourth-order valence-electron chi connectivity index (χ4n) is 0.404. The standard InChI is InChI=1S/C4H7O6P/c1-3(5)10-11(8,9)2-4(6)7/h2H2,1H3,(H,6,7)(H,8,9). The Morgan fingerprint density at radius 1 is 1.55 bits per heavy atom. The highest BCUT2D eigenvalue weighted by Gasteiger charge is 2.25. The molecular formula is C4H7O6P. The minimum atomic E-state index is -4.25. The zero-order chi connectivity index (χ0) is 9.07. The van der Waals surface area contributed by atoms with Crippen molar-refractivity contribution in [2.75, 3.05) is 6.16 Å². The molecule has 0 saturated carbocycles. The van der Waals surface area contributed by atoms with Gasteiger partial charge in [-0.05, 0) is 0 Å². The van der Waals surface area contributed by atoms with Gasteiger partial charge in [-0.15, -0.1) is 0 Å². The molecule has 0 fully saturated rings. The second-order valence-corrected chi connectivity index (χ2v) is 3.55. The van der Waals surface area contributed by atoms with Crippen molar-refractivity contribution in [2.45, 2.75) is 6.92 Å². The molecule has 0 saturated heterocycles. The van der Waals surface area contributed by atoms with Crippen LogP contribution in [0, 0.1) is 0 Å². The van der Waals surface area contributed by atoms with Gasteiger partial charge in [-0.1, -0.05) is 0 Å². The van der Waals surface area contributed by atoms with E-state index in [0.717, 1.165) is 6.92 Å². The molecule has 6 nitrogen and oxygen atoms in total. The first kappa shape index (κ1) is 10.1. The van der Waals surface area contributed by atoms with Crippen molar-refractivity contribution >= 4 is 19.5 Å². The van der Waals surface area contributed by atoms with Crippen LogP contribution in [0.5, 0.6) is 0 Å². The summed E-state index contributed by atoms with van der Waals surface area (Å²) in [6.45, 7) is 0.921. The average molecular weight is 182 g/mol. The summed E-state index contributed by atoms with van der Waals surface area (Å²) in [6, 6.07) is 0. The summed E-state index contributed by atoms with van der Waals surface area (Å²) < 4.78 is 14.4. The Kier molecular flexibility index (Phi) is 3.22. The minimum absolute atomic E-state index is 0.921. The van der Waals surface area contributed by atoms with Crippen molar-refractivity contribution in [1.82, 2.24) is 0 Å². The first-order valence-electron chi connectivity index (χ1n) is 2.57. The first-order chi connectivity index (χ1) is 4.83. The highest BCUT2D eigenvalue weighted by atomic mass is 31.2. The van der Waals surface area contributed by atoms with E-state index in [9.17, 15) is 14.2 Å². The van der Waals surface area contributed by atoms with E-state index >= 15 is 0 Å². The molecule has 0 heterocycles. The van der Waals surface area contributed by atoms with Crippen molar-refractivity contribution in [2.24, 2.45) is 0 Å². The van der Waals surface area contributed by atoms with E-state index in [4.69, 9.17) is 10.00 Å². The van der Waals surface area contributed by atoms with Gasteiger partial charge in [0.15, 0.2) is 6.16 Å². The Morgan fingerprint density at radius 3 is 2.27 bits per heavy atom. The van der Waals surface area contributed by atoms with Gasteiger partial charge in [0.1, 0.15) is 0 Å². The Hall–Kier alpha value is -0.870. The van der Waals surface area contributed by atoms with Crippen molar-refractivity contribution in [1.29, 1.82) is 0 Å². The van der Waals surface area contributed by atoms with Gasteiger partial charge in [-0.2, -0.15) is 0 Å². The minimum Gasteiger partial charge on any atom is -0.481 e. The Bertz CT molecular complexity index is 201. The third kappa shape index (κ3) is 5.57. The highest BCUT2D eigenvalue weighted by molar-refractivity contribution is 7.54. The maximum atomic E-state index is 10.6. The summed E-state index contributed by atoms with van der Waals surface area (Å²) in [4.78, 5) is 28.6. The lowest BCUT2D eigenvalue weighted by molar-refractivity contribution is -0.134. The number of hydrogen-bond acceptors (Lipinski definition) is 4. The van der Waals surface area contributed by atoms with Gasteiger partial charge < -0.3 is 14.5 Å². The van der Waals surface area contributed by atoms with E-state index in [-0.39, 0.29) is 0 Å². The summed E-state index contributed by atoms with van der Waals surface area (Å²) in [5.74, 6) is -2.46. The highest BCUT2D eigenvalue weighted by Crippen LogP contribution is 2.41. The molecule has 0 spiro atoms. The molecule has 2 N–H and O–H groups in total. The largest absolute Gasteiger partial charge is 0.481 e. The normalized spacial score (nSPS) is 15.1. The van der Waals surface area contributed by atoms with Gasteiger partial charge in [-0.25, -0.2) is 4.57 Å². The molecule has 0 aromatic rings. The topological polar surface area (TPSA) is 101 Å². The zero-order valence-electron chi connectivity index (χ0n) is 5.68. The molecule has 0 bridgehead atoms. The fourth-order valence-corrected chi connectivity index (χ4v) is 1.21. The van der Waals surface area contributed by atoms with E-state index in [1.807, 2.05) is 0 Å². The van der Waals surface area contributed by atoms with E-state index in [0.29, 0.717) is 0 Å². The molecule has 0 radical (unpaired) electrons. The lowest BCUT2D eigenvalue weighted by Gasteiger charge is -2.06. The third-order valence-electron chi connectivity index (χ3n) is 0.606. The van der Waals surface area contributed by atoms with E-state index in [2.05, 4.69) is 4.52 Å². The van der Waals surface area contributed by atoms with Crippen molar-refractivity contribution in [3.63, 3.8) is 0 Å². The maximum Gasteiger partial charge on any atom is 0.389 e. The second-order valence-electron chi connectivity index (χ2n) is 1.77. The molecule has 0 amide bonds. The molecule has 1 atom stereocenters. The smallest absolute Gasteiger partial charge is 0.389 e. The predicted octanol–water partition coefficient (Wildman–Crippen LogP) is -0.180. The van der Waals surface area contributed by atoms with Crippen molar-refractivity contribution in [3.05, 3.63) is 0 Å². The number of carboxylic acids is 1. The molecule has 0 aromatic carbocycles. The Labute approximate surface area is 62.3 Å². The van der Waals surface area contributed by atoms with Gasteiger partial charge in [0, 0.05) is 6.92 Å². The number of carboxylic acid groups (broad SMARTS) is 1. The van der Waals surface area contributed by atoms with Crippen LogP contribution in [0.2, 0.25) is 0 Å². The molecule has 0 aliphatic rings. The van der Waals surface area contributed by atoms with Gasteiger partial charge in [0.25, 0.3) is 0 Å². The van der Waals surface area contributed by atoms with Crippen LogP contribution in [0.3, 0.4) is 0 Å². The number of aliphatic carboxylic acids is 1. The summed E-state index contributed by atoms with van der Waals surface area (Å²) in [5.41, 5.74) is 0. The molecule has 0 aliphatic carbocycles. The van der Waals surface area contributed by atoms with Gasteiger partial charge in [0.2, 0.25) is 0 Å². The Balaban J connectivity index is 4.12. The van der Waals surface area contributed by atoms with Crippen molar-refractivity contribution in [3.8, 4) is 0 Å². The quantitative estimate of drug-likeness (QED) is 0.587. The van der Waals surface area contributed by atoms with Crippen LogP contribution in [0.15, 0.2) is 0 Å². The van der Waals surface area contributed by atoms with E-state index in [1.54, 1.807) is 0 Å². The Morgan fingerprint density at radius 2 is 2.00 bits per heavy atom. The zero-order valence-corrected chi connectivity index (χ0v) is 6.58. The van der Waals surface area contributed by atoms with Gasteiger partial charge in [-0.3, -0.25) is 9.59 Å². The average Bonchev–Trinajstić information content (AvgIpc) is 1.53. The summed E-state index contributed by atoms with van der Waals surface area (Å²) in [6.07, 6.45) is -1.06.